The number of piperidine rings is 1. The third kappa shape index (κ3) is 8.07. The van der Waals surface area contributed by atoms with Crippen LogP contribution in [0.25, 0.3) is 0 Å². The highest BCUT2D eigenvalue weighted by Crippen LogP contribution is 2.19. The number of para-hydroxylation sites is 1. The Morgan fingerprint density at radius 2 is 1.93 bits per heavy atom. The van der Waals surface area contributed by atoms with Crippen molar-refractivity contribution >= 4 is 5.96 Å². The van der Waals surface area contributed by atoms with Gasteiger partial charge in [0.2, 0.25) is 0 Å². The van der Waals surface area contributed by atoms with Crippen molar-refractivity contribution in [1.82, 2.24) is 15.1 Å². The second-order valence-electron chi connectivity index (χ2n) is 6.80. The summed E-state index contributed by atoms with van der Waals surface area (Å²) < 4.78 is 42.9. The minimum atomic E-state index is -4.15. The standard InChI is InChI=1S/C19H29F3N4O/c1-23-18(24-11-6-12-25(2)15-19(20,21)22)26-13-9-17(10-14-26)27-16-7-4-3-5-8-16/h3-5,7-8,17H,6,9-15H2,1-2H3,(H,23,24). The van der Waals surface area contributed by atoms with E-state index in [0.29, 0.717) is 19.5 Å². The van der Waals surface area contributed by atoms with Gasteiger partial charge >= 0.3 is 6.18 Å². The molecule has 8 heteroatoms. The van der Waals surface area contributed by atoms with Crippen LogP contribution in [0.3, 0.4) is 0 Å². The van der Waals surface area contributed by atoms with Crippen LogP contribution in [0, 0.1) is 0 Å². The lowest BCUT2D eigenvalue weighted by Gasteiger charge is -2.34. The highest BCUT2D eigenvalue weighted by atomic mass is 19.4. The van der Waals surface area contributed by atoms with Gasteiger partial charge in [0.15, 0.2) is 5.96 Å². The molecule has 0 aliphatic carbocycles. The van der Waals surface area contributed by atoms with E-state index in [0.717, 1.165) is 37.6 Å². The molecule has 0 radical (unpaired) electrons. The molecule has 0 aromatic heterocycles. The first kappa shape index (κ1) is 21.3. The fourth-order valence-electron chi connectivity index (χ4n) is 3.14. The Morgan fingerprint density at radius 3 is 2.52 bits per heavy atom. The first-order chi connectivity index (χ1) is 12.9. The molecule has 1 aromatic carbocycles. The molecule has 0 unspecified atom stereocenters. The number of aliphatic imine (C=N–C) groups is 1. The number of ether oxygens (including phenoxy) is 1. The van der Waals surface area contributed by atoms with Crippen LogP contribution in [-0.2, 0) is 0 Å². The molecule has 1 saturated heterocycles. The molecule has 0 saturated carbocycles. The van der Waals surface area contributed by atoms with Crippen LogP contribution >= 0.6 is 0 Å². The summed E-state index contributed by atoms with van der Waals surface area (Å²) in [5.74, 6) is 1.69. The van der Waals surface area contributed by atoms with Crippen molar-refractivity contribution in [2.75, 3.05) is 46.8 Å². The average Bonchev–Trinajstić information content (AvgIpc) is 2.62. The van der Waals surface area contributed by atoms with Crippen molar-refractivity contribution in [3.05, 3.63) is 30.3 Å². The van der Waals surface area contributed by atoms with Crippen LogP contribution in [0.15, 0.2) is 35.3 Å². The highest BCUT2D eigenvalue weighted by molar-refractivity contribution is 5.79. The predicted molar refractivity (Wildman–Crippen MR) is 101 cm³/mol. The largest absolute Gasteiger partial charge is 0.490 e. The number of hydrogen-bond acceptors (Lipinski definition) is 3. The fourth-order valence-corrected chi connectivity index (χ4v) is 3.14. The number of alkyl halides is 3. The lowest BCUT2D eigenvalue weighted by molar-refractivity contribution is -0.143. The fraction of sp³-hybridized carbons (Fsp3) is 0.632. The number of halogens is 3. The molecule has 0 atom stereocenters. The Morgan fingerprint density at radius 1 is 1.26 bits per heavy atom. The van der Waals surface area contributed by atoms with Crippen molar-refractivity contribution in [2.24, 2.45) is 4.99 Å². The predicted octanol–water partition coefficient (Wildman–Crippen LogP) is 2.99. The quantitative estimate of drug-likeness (QED) is 0.444. The van der Waals surface area contributed by atoms with Gasteiger partial charge in [-0.15, -0.1) is 0 Å². The summed E-state index contributed by atoms with van der Waals surface area (Å²) in [6.45, 7) is 1.78. The van der Waals surface area contributed by atoms with Crippen LogP contribution < -0.4 is 10.1 Å². The van der Waals surface area contributed by atoms with Crippen molar-refractivity contribution in [3.8, 4) is 5.75 Å². The van der Waals surface area contributed by atoms with E-state index in [1.807, 2.05) is 30.3 Å². The van der Waals surface area contributed by atoms with Gasteiger partial charge in [-0.05, 0) is 32.1 Å². The molecule has 1 fully saturated rings. The molecule has 1 aliphatic rings. The van der Waals surface area contributed by atoms with Gasteiger partial charge in [0.1, 0.15) is 11.9 Å². The van der Waals surface area contributed by atoms with Crippen molar-refractivity contribution in [3.63, 3.8) is 0 Å². The summed E-state index contributed by atoms with van der Waals surface area (Å²) in [5.41, 5.74) is 0. The molecule has 1 aromatic rings. The zero-order chi connectivity index (χ0) is 19.7. The van der Waals surface area contributed by atoms with Crippen LogP contribution in [0.1, 0.15) is 19.3 Å². The van der Waals surface area contributed by atoms with Gasteiger partial charge in [0.25, 0.3) is 0 Å². The van der Waals surface area contributed by atoms with E-state index in [1.165, 1.54) is 11.9 Å². The lowest BCUT2D eigenvalue weighted by Crippen LogP contribution is -2.48. The van der Waals surface area contributed by atoms with Gasteiger partial charge in [-0.3, -0.25) is 9.89 Å². The van der Waals surface area contributed by atoms with Crippen LogP contribution in [0.4, 0.5) is 13.2 Å². The topological polar surface area (TPSA) is 40.1 Å². The first-order valence-electron chi connectivity index (χ1n) is 9.30. The molecular weight excluding hydrogens is 357 g/mol. The van der Waals surface area contributed by atoms with E-state index in [4.69, 9.17) is 4.74 Å². The van der Waals surface area contributed by atoms with E-state index in [2.05, 4.69) is 15.2 Å². The Balaban J connectivity index is 1.66. The normalized spacial score (nSPS) is 16.7. The summed E-state index contributed by atoms with van der Waals surface area (Å²) in [6.07, 6.45) is -1.52. The second kappa shape index (κ2) is 10.4. The number of rotatable bonds is 7. The van der Waals surface area contributed by atoms with Gasteiger partial charge in [0, 0.05) is 39.5 Å². The first-order valence-corrected chi connectivity index (χ1v) is 9.30. The van der Waals surface area contributed by atoms with Crippen LogP contribution in [0.5, 0.6) is 5.75 Å². The summed E-state index contributed by atoms with van der Waals surface area (Å²) in [7, 11) is 3.21. The molecule has 0 spiro atoms. The van der Waals surface area contributed by atoms with E-state index in [-0.39, 0.29) is 6.10 Å². The van der Waals surface area contributed by atoms with E-state index < -0.39 is 12.7 Å². The number of guanidine groups is 1. The monoisotopic (exact) mass is 386 g/mol. The second-order valence-corrected chi connectivity index (χ2v) is 6.80. The summed E-state index contributed by atoms with van der Waals surface area (Å²) >= 11 is 0. The third-order valence-electron chi connectivity index (χ3n) is 4.45. The minimum absolute atomic E-state index is 0.192. The summed E-state index contributed by atoms with van der Waals surface area (Å²) in [5, 5.41) is 3.25. The smallest absolute Gasteiger partial charge is 0.401 e. The maximum Gasteiger partial charge on any atom is 0.401 e. The molecule has 1 heterocycles. The Bertz CT molecular complexity index is 572. The molecule has 0 bridgehead atoms. The number of hydrogen-bond donors (Lipinski definition) is 1. The Labute approximate surface area is 159 Å². The minimum Gasteiger partial charge on any atom is -0.490 e. The number of benzene rings is 1. The number of likely N-dealkylation sites (tertiary alicyclic amines) is 1. The van der Waals surface area contributed by atoms with Gasteiger partial charge in [-0.1, -0.05) is 18.2 Å². The van der Waals surface area contributed by atoms with E-state index in [1.54, 1.807) is 7.05 Å². The molecule has 1 N–H and O–H groups in total. The number of nitrogens with one attached hydrogen (secondary N) is 1. The molecular formula is C19H29F3N4O. The van der Waals surface area contributed by atoms with E-state index in [9.17, 15) is 13.2 Å². The molecule has 0 amide bonds. The van der Waals surface area contributed by atoms with Crippen molar-refractivity contribution < 1.29 is 17.9 Å². The molecule has 152 valence electrons. The van der Waals surface area contributed by atoms with Crippen molar-refractivity contribution in [2.45, 2.75) is 31.5 Å². The Hall–Kier alpha value is -1.96. The highest BCUT2D eigenvalue weighted by Gasteiger charge is 2.28. The molecule has 1 aliphatic heterocycles. The Kier molecular flexibility index (Phi) is 8.22. The van der Waals surface area contributed by atoms with Crippen molar-refractivity contribution in [1.29, 1.82) is 0 Å². The van der Waals surface area contributed by atoms with Gasteiger partial charge in [-0.25, -0.2) is 0 Å². The lowest BCUT2D eigenvalue weighted by atomic mass is 10.1. The van der Waals surface area contributed by atoms with Crippen LogP contribution in [0.2, 0.25) is 0 Å². The van der Waals surface area contributed by atoms with Gasteiger partial charge < -0.3 is 15.0 Å². The zero-order valence-electron chi connectivity index (χ0n) is 16.0. The molecule has 2 rings (SSSR count). The molecule has 5 nitrogen and oxygen atoms in total. The maximum absolute atomic E-state index is 12.3. The van der Waals surface area contributed by atoms with Gasteiger partial charge in [0.05, 0.1) is 6.54 Å². The average molecular weight is 386 g/mol. The summed E-state index contributed by atoms with van der Waals surface area (Å²) in [4.78, 5) is 7.75. The number of nitrogens with zero attached hydrogens (tertiary/aromatic N) is 3. The van der Waals surface area contributed by atoms with E-state index >= 15 is 0 Å². The van der Waals surface area contributed by atoms with Crippen LogP contribution in [-0.4, -0.2) is 74.9 Å². The third-order valence-corrected chi connectivity index (χ3v) is 4.45. The zero-order valence-corrected chi connectivity index (χ0v) is 16.0. The SMILES string of the molecule is CN=C(NCCCN(C)CC(F)(F)F)N1CCC(Oc2ccccc2)CC1. The van der Waals surface area contributed by atoms with Gasteiger partial charge in [-0.2, -0.15) is 13.2 Å². The maximum atomic E-state index is 12.3. The summed E-state index contributed by atoms with van der Waals surface area (Å²) in [6, 6.07) is 9.81. The molecule has 27 heavy (non-hydrogen) atoms.